The summed E-state index contributed by atoms with van der Waals surface area (Å²) in [4.78, 5) is 11.1. The molecule has 0 saturated heterocycles. The Morgan fingerprint density at radius 1 is 0.857 bits per heavy atom. The highest BCUT2D eigenvalue weighted by atomic mass is 16.1. The number of aldehydes is 1. The molecular formula is C17H13N3O. The number of carbonyl (C=O) groups excluding carboxylic acids is 1. The fraction of sp³-hybridized carbons (Fsp3) is 0. The van der Waals surface area contributed by atoms with Gasteiger partial charge in [-0.1, -0.05) is 59.8 Å². The topological polar surface area (TPSA) is 47.8 Å². The summed E-state index contributed by atoms with van der Waals surface area (Å²) < 4.78 is 1.66. The Kier molecular flexibility index (Phi) is 3.69. The van der Waals surface area contributed by atoms with Gasteiger partial charge in [-0.05, 0) is 23.8 Å². The van der Waals surface area contributed by atoms with Gasteiger partial charge in [0.1, 0.15) is 0 Å². The Hall–Kier alpha value is -3.01. The van der Waals surface area contributed by atoms with Gasteiger partial charge in [-0.3, -0.25) is 4.79 Å². The van der Waals surface area contributed by atoms with Gasteiger partial charge in [0, 0.05) is 0 Å². The normalized spacial score (nSPS) is 10.9. The van der Waals surface area contributed by atoms with Crippen molar-refractivity contribution in [3.8, 4) is 5.69 Å². The van der Waals surface area contributed by atoms with Crippen molar-refractivity contribution in [3.63, 3.8) is 0 Å². The molecule has 0 unspecified atom stereocenters. The van der Waals surface area contributed by atoms with Crippen molar-refractivity contribution in [2.75, 3.05) is 0 Å². The van der Waals surface area contributed by atoms with Crippen LogP contribution in [0.3, 0.4) is 0 Å². The lowest BCUT2D eigenvalue weighted by Crippen LogP contribution is -1.99. The number of hydrogen-bond donors (Lipinski definition) is 0. The molecule has 4 nitrogen and oxygen atoms in total. The summed E-state index contributed by atoms with van der Waals surface area (Å²) in [6, 6.07) is 19.5. The number of rotatable bonds is 4. The number of nitrogens with zero attached hydrogens (tertiary/aromatic N) is 3. The van der Waals surface area contributed by atoms with Gasteiger partial charge in [0.05, 0.1) is 11.4 Å². The molecule has 0 fully saturated rings. The molecule has 0 N–H and O–H groups in total. The van der Waals surface area contributed by atoms with Gasteiger partial charge in [0.25, 0.3) is 0 Å². The molecule has 0 amide bonds. The average Bonchev–Trinajstić information content (AvgIpc) is 2.97. The van der Waals surface area contributed by atoms with E-state index in [4.69, 9.17) is 0 Å². The smallest absolute Gasteiger partial charge is 0.172 e. The standard InChI is InChI=1S/C17H13N3O/c21-13-16-17(12-11-14-7-3-1-4-8-14)20(19-18-16)15-9-5-2-6-10-15/h1-13H/b12-11+. The van der Waals surface area contributed by atoms with Crippen molar-refractivity contribution in [1.82, 2.24) is 15.0 Å². The summed E-state index contributed by atoms with van der Waals surface area (Å²) in [6.45, 7) is 0. The van der Waals surface area contributed by atoms with Gasteiger partial charge in [-0.15, -0.1) is 5.10 Å². The summed E-state index contributed by atoms with van der Waals surface area (Å²) in [5.41, 5.74) is 2.91. The second kappa shape index (κ2) is 5.96. The van der Waals surface area contributed by atoms with E-state index in [2.05, 4.69) is 10.3 Å². The third-order valence-electron chi connectivity index (χ3n) is 3.08. The minimum atomic E-state index is 0.325. The lowest BCUT2D eigenvalue weighted by Gasteiger charge is -2.02. The maximum Gasteiger partial charge on any atom is 0.172 e. The van der Waals surface area contributed by atoms with E-state index in [0.29, 0.717) is 11.4 Å². The van der Waals surface area contributed by atoms with E-state index in [1.54, 1.807) is 4.68 Å². The zero-order valence-corrected chi connectivity index (χ0v) is 11.3. The lowest BCUT2D eigenvalue weighted by molar-refractivity contribution is 0.111. The summed E-state index contributed by atoms with van der Waals surface area (Å²) >= 11 is 0. The molecule has 3 aromatic rings. The zero-order valence-electron chi connectivity index (χ0n) is 11.3. The number of aromatic nitrogens is 3. The molecular weight excluding hydrogens is 262 g/mol. The highest BCUT2D eigenvalue weighted by molar-refractivity contribution is 5.81. The SMILES string of the molecule is O=Cc1nnn(-c2ccccc2)c1/C=C/c1ccccc1. The van der Waals surface area contributed by atoms with Crippen molar-refractivity contribution < 1.29 is 4.79 Å². The van der Waals surface area contributed by atoms with E-state index in [1.165, 1.54) is 0 Å². The van der Waals surface area contributed by atoms with Crippen molar-refractivity contribution in [2.45, 2.75) is 0 Å². The summed E-state index contributed by atoms with van der Waals surface area (Å²) in [7, 11) is 0. The van der Waals surface area contributed by atoms with Crippen LogP contribution < -0.4 is 0 Å². The number of para-hydroxylation sites is 1. The molecule has 0 radical (unpaired) electrons. The lowest BCUT2D eigenvalue weighted by atomic mass is 10.2. The highest BCUT2D eigenvalue weighted by Crippen LogP contribution is 2.15. The monoisotopic (exact) mass is 275 g/mol. The molecule has 0 aliphatic heterocycles. The molecule has 1 aromatic heterocycles. The average molecular weight is 275 g/mol. The van der Waals surface area contributed by atoms with Gasteiger partial charge in [-0.25, -0.2) is 4.68 Å². The summed E-state index contributed by atoms with van der Waals surface area (Å²) in [5.74, 6) is 0. The second-order valence-corrected chi connectivity index (χ2v) is 4.47. The van der Waals surface area contributed by atoms with E-state index < -0.39 is 0 Å². The minimum Gasteiger partial charge on any atom is -0.296 e. The van der Waals surface area contributed by atoms with Crippen molar-refractivity contribution >= 4 is 18.4 Å². The Balaban J connectivity index is 2.03. The van der Waals surface area contributed by atoms with Crippen LogP contribution in [0.5, 0.6) is 0 Å². The van der Waals surface area contributed by atoms with E-state index in [-0.39, 0.29) is 0 Å². The second-order valence-electron chi connectivity index (χ2n) is 4.47. The molecule has 2 aromatic carbocycles. The van der Waals surface area contributed by atoms with E-state index >= 15 is 0 Å². The summed E-state index contributed by atoms with van der Waals surface area (Å²) in [5, 5.41) is 7.97. The van der Waals surface area contributed by atoms with E-state index in [9.17, 15) is 4.79 Å². The van der Waals surface area contributed by atoms with Gasteiger partial charge >= 0.3 is 0 Å². The predicted molar refractivity (Wildman–Crippen MR) is 82.1 cm³/mol. The Morgan fingerprint density at radius 3 is 2.19 bits per heavy atom. The van der Waals surface area contributed by atoms with Crippen LogP contribution in [0, 0.1) is 0 Å². The van der Waals surface area contributed by atoms with Crippen LogP contribution in [-0.2, 0) is 0 Å². The maximum absolute atomic E-state index is 11.1. The molecule has 4 heteroatoms. The van der Waals surface area contributed by atoms with Crippen LogP contribution in [0.1, 0.15) is 21.7 Å². The number of benzene rings is 2. The first-order valence-electron chi connectivity index (χ1n) is 6.58. The largest absolute Gasteiger partial charge is 0.296 e. The molecule has 0 bridgehead atoms. The molecule has 0 spiro atoms. The molecule has 0 aliphatic carbocycles. The van der Waals surface area contributed by atoms with Crippen LogP contribution >= 0.6 is 0 Å². The van der Waals surface area contributed by atoms with Crippen molar-refractivity contribution in [1.29, 1.82) is 0 Å². The first-order chi connectivity index (χ1) is 10.4. The summed E-state index contributed by atoms with van der Waals surface area (Å²) in [6.07, 6.45) is 4.51. The molecule has 1 heterocycles. The van der Waals surface area contributed by atoms with Crippen molar-refractivity contribution in [2.24, 2.45) is 0 Å². The van der Waals surface area contributed by atoms with Gasteiger partial charge in [0.2, 0.25) is 0 Å². The fourth-order valence-electron chi connectivity index (χ4n) is 2.04. The molecule has 0 saturated carbocycles. The van der Waals surface area contributed by atoms with Crippen LogP contribution in [-0.4, -0.2) is 21.3 Å². The quantitative estimate of drug-likeness (QED) is 0.687. The molecule has 102 valence electrons. The van der Waals surface area contributed by atoms with Gasteiger partial charge in [0.15, 0.2) is 12.0 Å². The minimum absolute atomic E-state index is 0.325. The molecule has 0 atom stereocenters. The molecule has 0 aliphatic rings. The van der Waals surface area contributed by atoms with Gasteiger partial charge < -0.3 is 0 Å². The Bertz CT molecular complexity index is 761. The Morgan fingerprint density at radius 2 is 1.52 bits per heavy atom. The predicted octanol–water partition coefficient (Wildman–Crippen LogP) is 3.25. The van der Waals surface area contributed by atoms with Gasteiger partial charge in [-0.2, -0.15) is 0 Å². The third kappa shape index (κ3) is 2.79. The van der Waals surface area contributed by atoms with Crippen molar-refractivity contribution in [3.05, 3.63) is 77.6 Å². The Labute approximate surface area is 122 Å². The van der Waals surface area contributed by atoms with E-state index in [0.717, 1.165) is 17.5 Å². The van der Waals surface area contributed by atoms with Crippen LogP contribution in [0.2, 0.25) is 0 Å². The van der Waals surface area contributed by atoms with Crippen LogP contribution in [0.25, 0.3) is 17.8 Å². The van der Waals surface area contributed by atoms with Crippen LogP contribution in [0.4, 0.5) is 0 Å². The highest BCUT2D eigenvalue weighted by Gasteiger charge is 2.10. The molecule has 21 heavy (non-hydrogen) atoms. The zero-order chi connectivity index (χ0) is 14.5. The first kappa shape index (κ1) is 13.0. The third-order valence-corrected chi connectivity index (χ3v) is 3.08. The van der Waals surface area contributed by atoms with Crippen LogP contribution in [0.15, 0.2) is 60.7 Å². The molecule has 3 rings (SSSR count). The fourth-order valence-corrected chi connectivity index (χ4v) is 2.04. The number of carbonyl (C=O) groups is 1. The van der Waals surface area contributed by atoms with E-state index in [1.807, 2.05) is 72.8 Å². The maximum atomic E-state index is 11.1. The first-order valence-corrected chi connectivity index (χ1v) is 6.58. The number of hydrogen-bond acceptors (Lipinski definition) is 3.